The molecule has 0 heterocycles. The van der Waals surface area contributed by atoms with Crippen molar-refractivity contribution in [3.05, 3.63) is 34.6 Å². The summed E-state index contributed by atoms with van der Waals surface area (Å²) >= 11 is 5.62. The second kappa shape index (κ2) is 5.89. The number of hydrogen-bond acceptors (Lipinski definition) is 1. The third kappa shape index (κ3) is 4.82. The molecule has 0 radical (unpaired) electrons. The van der Waals surface area contributed by atoms with Gasteiger partial charge in [0.1, 0.15) is 5.82 Å². The Hall–Kier alpha value is -0.810. The van der Waals surface area contributed by atoms with E-state index in [1.165, 1.54) is 25.1 Å². The van der Waals surface area contributed by atoms with Gasteiger partial charge in [0.2, 0.25) is 0 Å². The molecule has 0 aliphatic heterocycles. The molecule has 18 heavy (non-hydrogen) atoms. The molecular formula is C12H14ClF4N. The minimum Gasteiger partial charge on any atom is -0.307 e. The third-order valence-corrected chi connectivity index (χ3v) is 2.81. The average molecular weight is 284 g/mol. The number of halogens is 5. The highest BCUT2D eigenvalue weighted by atomic mass is 35.5. The lowest BCUT2D eigenvalue weighted by Gasteiger charge is -2.21. The van der Waals surface area contributed by atoms with Crippen LogP contribution in [-0.2, 0) is 0 Å². The third-order valence-electron chi connectivity index (χ3n) is 2.52. The van der Waals surface area contributed by atoms with Gasteiger partial charge in [-0.25, -0.2) is 4.39 Å². The zero-order valence-corrected chi connectivity index (χ0v) is 10.7. The van der Waals surface area contributed by atoms with E-state index in [1.807, 2.05) is 0 Å². The van der Waals surface area contributed by atoms with Gasteiger partial charge in [-0.1, -0.05) is 17.7 Å². The van der Waals surface area contributed by atoms with Crippen LogP contribution < -0.4 is 5.32 Å². The first-order chi connectivity index (χ1) is 8.19. The fourth-order valence-electron chi connectivity index (χ4n) is 1.71. The molecule has 2 unspecified atom stereocenters. The normalized spacial score (nSPS) is 15.5. The second-order valence-corrected chi connectivity index (χ2v) is 4.69. The number of rotatable bonds is 4. The van der Waals surface area contributed by atoms with Gasteiger partial charge in [0.15, 0.2) is 0 Å². The van der Waals surface area contributed by atoms with E-state index in [9.17, 15) is 17.6 Å². The average Bonchev–Trinajstić information content (AvgIpc) is 2.18. The Labute approximate surface area is 108 Å². The molecule has 1 rings (SSSR count). The highest BCUT2D eigenvalue weighted by Gasteiger charge is 2.30. The van der Waals surface area contributed by atoms with Gasteiger partial charge in [-0.3, -0.25) is 0 Å². The van der Waals surface area contributed by atoms with E-state index in [0.29, 0.717) is 5.56 Å². The molecule has 0 aliphatic rings. The molecular weight excluding hydrogens is 270 g/mol. The molecule has 0 saturated carbocycles. The molecule has 1 aromatic rings. The molecule has 1 N–H and O–H groups in total. The second-order valence-electron chi connectivity index (χ2n) is 4.28. The van der Waals surface area contributed by atoms with Crippen LogP contribution in [0, 0.1) is 5.82 Å². The molecule has 0 fully saturated rings. The maximum absolute atomic E-state index is 12.9. The minimum absolute atomic E-state index is 0.0374. The van der Waals surface area contributed by atoms with Gasteiger partial charge in [-0.15, -0.1) is 0 Å². The van der Waals surface area contributed by atoms with Crippen LogP contribution in [-0.4, -0.2) is 12.2 Å². The minimum atomic E-state index is -4.20. The SMILES string of the molecule is CC(CC(F)(F)F)NC(C)c1ccc(F)c(Cl)c1. The summed E-state index contributed by atoms with van der Waals surface area (Å²) < 4.78 is 49.4. The van der Waals surface area contributed by atoms with Crippen molar-refractivity contribution in [2.24, 2.45) is 0 Å². The Morgan fingerprint density at radius 2 is 1.89 bits per heavy atom. The predicted molar refractivity (Wildman–Crippen MR) is 63.1 cm³/mol. The Bertz CT molecular complexity index is 406. The van der Waals surface area contributed by atoms with Crippen molar-refractivity contribution in [2.75, 3.05) is 0 Å². The smallest absolute Gasteiger partial charge is 0.307 e. The fraction of sp³-hybridized carbons (Fsp3) is 0.500. The van der Waals surface area contributed by atoms with Crippen LogP contribution in [0.1, 0.15) is 31.9 Å². The van der Waals surface area contributed by atoms with Gasteiger partial charge in [-0.05, 0) is 31.5 Å². The summed E-state index contributed by atoms with van der Waals surface area (Å²) in [7, 11) is 0. The van der Waals surface area contributed by atoms with Crippen LogP contribution in [0.15, 0.2) is 18.2 Å². The first kappa shape index (κ1) is 15.2. The quantitative estimate of drug-likeness (QED) is 0.804. The monoisotopic (exact) mass is 283 g/mol. The zero-order valence-electron chi connectivity index (χ0n) is 9.98. The van der Waals surface area contributed by atoms with Crippen LogP contribution in [0.2, 0.25) is 5.02 Å². The van der Waals surface area contributed by atoms with Crippen LogP contribution in [0.4, 0.5) is 17.6 Å². The first-order valence-corrected chi connectivity index (χ1v) is 5.84. The Morgan fingerprint density at radius 3 is 2.39 bits per heavy atom. The van der Waals surface area contributed by atoms with Gasteiger partial charge >= 0.3 is 6.18 Å². The predicted octanol–water partition coefficient (Wildman–Crippen LogP) is 4.47. The summed E-state index contributed by atoms with van der Waals surface area (Å²) in [4.78, 5) is 0. The zero-order chi connectivity index (χ0) is 13.9. The maximum Gasteiger partial charge on any atom is 0.390 e. The highest BCUT2D eigenvalue weighted by Crippen LogP contribution is 2.24. The summed E-state index contributed by atoms with van der Waals surface area (Å²) in [6.07, 6.45) is -5.11. The molecule has 0 spiro atoms. The van der Waals surface area contributed by atoms with Crippen molar-refractivity contribution in [1.29, 1.82) is 0 Å². The van der Waals surface area contributed by atoms with Gasteiger partial charge in [-0.2, -0.15) is 13.2 Å². The van der Waals surface area contributed by atoms with Gasteiger partial charge in [0.05, 0.1) is 11.4 Å². The van der Waals surface area contributed by atoms with Gasteiger partial charge in [0, 0.05) is 12.1 Å². The summed E-state index contributed by atoms with van der Waals surface area (Å²) in [5.41, 5.74) is 0.649. The molecule has 0 aliphatic carbocycles. The molecule has 2 atom stereocenters. The lowest BCUT2D eigenvalue weighted by Crippen LogP contribution is -2.33. The molecule has 1 aromatic carbocycles. The number of benzene rings is 1. The lowest BCUT2D eigenvalue weighted by molar-refractivity contribution is -0.139. The summed E-state index contributed by atoms with van der Waals surface area (Å²) in [5, 5.41) is 2.76. The van der Waals surface area contributed by atoms with Crippen molar-refractivity contribution in [1.82, 2.24) is 5.32 Å². The van der Waals surface area contributed by atoms with Crippen molar-refractivity contribution < 1.29 is 17.6 Å². The summed E-state index contributed by atoms with van der Waals surface area (Å²) in [6, 6.07) is 3.06. The molecule has 0 amide bonds. The van der Waals surface area contributed by atoms with Gasteiger partial charge < -0.3 is 5.32 Å². The molecule has 102 valence electrons. The van der Waals surface area contributed by atoms with E-state index in [2.05, 4.69) is 5.32 Å². The molecule has 6 heteroatoms. The van der Waals surface area contributed by atoms with E-state index in [0.717, 1.165) is 0 Å². The molecule has 0 bridgehead atoms. The summed E-state index contributed by atoms with van der Waals surface area (Å²) in [5.74, 6) is -0.545. The maximum atomic E-state index is 12.9. The number of alkyl halides is 3. The fourth-order valence-corrected chi connectivity index (χ4v) is 1.90. The topological polar surface area (TPSA) is 12.0 Å². The van der Waals surface area contributed by atoms with Crippen LogP contribution in [0.3, 0.4) is 0 Å². The van der Waals surface area contributed by atoms with E-state index in [-0.39, 0.29) is 11.1 Å². The number of nitrogens with one attached hydrogen (secondary N) is 1. The Kier molecular flexibility index (Phi) is 4.99. The van der Waals surface area contributed by atoms with Gasteiger partial charge in [0.25, 0.3) is 0 Å². The Balaban J connectivity index is 2.64. The van der Waals surface area contributed by atoms with E-state index >= 15 is 0 Å². The van der Waals surface area contributed by atoms with Crippen molar-refractivity contribution >= 4 is 11.6 Å². The van der Waals surface area contributed by atoms with Crippen molar-refractivity contribution in [3.63, 3.8) is 0 Å². The Morgan fingerprint density at radius 1 is 1.28 bits per heavy atom. The molecule has 1 nitrogen and oxygen atoms in total. The number of hydrogen-bond donors (Lipinski definition) is 1. The van der Waals surface area contributed by atoms with Crippen LogP contribution in [0.25, 0.3) is 0 Å². The molecule has 0 saturated heterocycles. The summed E-state index contributed by atoms with van der Waals surface area (Å²) in [6.45, 7) is 3.16. The molecule has 0 aromatic heterocycles. The highest BCUT2D eigenvalue weighted by molar-refractivity contribution is 6.30. The van der Waals surface area contributed by atoms with E-state index in [4.69, 9.17) is 11.6 Å². The first-order valence-electron chi connectivity index (χ1n) is 5.47. The van der Waals surface area contributed by atoms with E-state index < -0.39 is 24.5 Å². The van der Waals surface area contributed by atoms with Crippen LogP contribution >= 0.6 is 11.6 Å². The standard InChI is InChI=1S/C12H14ClF4N/c1-7(6-12(15,16)17)18-8(2)9-3-4-11(14)10(13)5-9/h3-5,7-8,18H,6H2,1-2H3. The van der Waals surface area contributed by atoms with Crippen molar-refractivity contribution in [2.45, 2.75) is 38.5 Å². The van der Waals surface area contributed by atoms with E-state index in [1.54, 1.807) is 6.92 Å². The van der Waals surface area contributed by atoms with Crippen molar-refractivity contribution in [3.8, 4) is 0 Å². The largest absolute Gasteiger partial charge is 0.390 e. The lowest BCUT2D eigenvalue weighted by atomic mass is 10.1. The van der Waals surface area contributed by atoms with Crippen LogP contribution in [0.5, 0.6) is 0 Å².